The smallest absolute Gasteiger partial charge is 0.130 e. The highest BCUT2D eigenvalue weighted by Crippen LogP contribution is 2.31. The number of benzene rings is 1. The van der Waals surface area contributed by atoms with Gasteiger partial charge in [-0.3, -0.25) is 0 Å². The monoisotopic (exact) mass is 226 g/mol. The fourth-order valence-electron chi connectivity index (χ4n) is 1.52. The predicted octanol–water partition coefficient (Wildman–Crippen LogP) is 2.22. The molecule has 0 fully saturated rings. The third kappa shape index (κ3) is 2.72. The summed E-state index contributed by atoms with van der Waals surface area (Å²) >= 11 is 0. The molecule has 0 aliphatic rings. The van der Waals surface area contributed by atoms with E-state index < -0.39 is 5.82 Å². The van der Waals surface area contributed by atoms with Gasteiger partial charge in [-0.25, -0.2) is 4.39 Å². The Morgan fingerprint density at radius 1 is 1.31 bits per heavy atom. The number of hydrogen-bond acceptors (Lipinski definition) is 3. The molecular weight excluding hydrogens is 211 g/mol. The van der Waals surface area contributed by atoms with E-state index in [1.807, 2.05) is 0 Å². The van der Waals surface area contributed by atoms with Gasteiger partial charge in [0.1, 0.15) is 23.6 Å². The SMILES string of the molecule is COc1cc(F)cc(OC)c1CC(C)C=O. The fourth-order valence-corrected chi connectivity index (χ4v) is 1.52. The average molecular weight is 226 g/mol. The van der Waals surface area contributed by atoms with Crippen molar-refractivity contribution < 1.29 is 18.7 Å². The molecule has 0 aliphatic heterocycles. The van der Waals surface area contributed by atoms with Crippen LogP contribution in [0.25, 0.3) is 0 Å². The van der Waals surface area contributed by atoms with Crippen LogP contribution in [0, 0.1) is 11.7 Å². The molecule has 0 saturated carbocycles. The van der Waals surface area contributed by atoms with Gasteiger partial charge in [0.15, 0.2) is 0 Å². The standard InChI is InChI=1S/C12H15FO3/c1-8(7-14)4-10-11(15-2)5-9(13)6-12(10)16-3/h5-8H,4H2,1-3H3. The largest absolute Gasteiger partial charge is 0.496 e. The zero-order valence-electron chi connectivity index (χ0n) is 9.62. The molecule has 1 aromatic rings. The van der Waals surface area contributed by atoms with E-state index in [1.165, 1.54) is 26.4 Å². The molecule has 1 aromatic carbocycles. The average Bonchev–Trinajstić information content (AvgIpc) is 2.30. The third-order valence-corrected chi connectivity index (χ3v) is 2.33. The van der Waals surface area contributed by atoms with E-state index in [0.29, 0.717) is 23.5 Å². The first-order chi connectivity index (χ1) is 7.62. The van der Waals surface area contributed by atoms with Crippen LogP contribution in [0.5, 0.6) is 11.5 Å². The van der Waals surface area contributed by atoms with Gasteiger partial charge in [0.25, 0.3) is 0 Å². The summed E-state index contributed by atoms with van der Waals surface area (Å²) in [4.78, 5) is 10.6. The molecule has 1 rings (SSSR count). The number of aldehydes is 1. The highest BCUT2D eigenvalue weighted by atomic mass is 19.1. The van der Waals surface area contributed by atoms with Crippen molar-refractivity contribution in [2.45, 2.75) is 13.3 Å². The van der Waals surface area contributed by atoms with Gasteiger partial charge in [-0.1, -0.05) is 6.92 Å². The van der Waals surface area contributed by atoms with Crippen LogP contribution in [0.15, 0.2) is 12.1 Å². The first-order valence-electron chi connectivity index (χ1n) is 4.98. The molecule has 3 nitrogen and oxygen atoms in total. The Hall–Kier alpha value is -1.58. The van der Waals surface area contributed by atoms with Gasteiger partial charge >= 0.3 is 0 Å². The molecule has 0 N–H and O–H groups in total. The van der Waals surface area contributed by atoms with Gasteiger partial charge in [-0.2, -0.15) is 0 Å². The van der Waals surface area contributed by atoms with Gasteiger partial charge in [0.05, 0.1) is 14.2 Å². The van der Waals surface area contributed by atoms with Crippen molar-refractivity contribution in [1.29, 1.82) is 0 Å². The second kappa shape index (κ2) is 5.49. The van der Waals surface area contributed by atoms with Gasteiger partial charge < -0.3 is 14.3 Å². The first kappa shape index (κ1) is 12.5. The zero-order chi connectivity index (χ0) is 12.1. The van der Waals surface area contributed by atoms with E-state index >= 15 is 0 Å². The lowest BCUT2D eigenvalue weighted by Gasteiger charge is -2.14. The van der Waals surface area contributed by atoms with Crippen molar-refractivity contribution in [2.75, 3.05) is 14.2 Å². The third-order valence-electron chi connectivity index (χ3n) is 2.33. The number of carbonyl (C=O) groups excluding carboxylic acids is 1. The molecule has 88 valence electrons. The number of methoxy groups -OCH3 is 2. The number of carbonyl (C=O) groups is 1. The number of rotatable bonds is 5. The summed E-state index contributed by atoms with van der Waals surface area (Å²) < 4.78 is 23.3. The molecule has 1 atom stereocenters. The van der Waals surface area contributed by atoms with E-state index in [1.54, 1.807) is 6.92 Å². The topological polar surface area (TPSA) is 35.5 Å². The second-order valence-electron chi connectivity index (χ2n) is 3.61. The van der Waals surface area contributed by atoms with Crippen LogP contribution in [0.1, 0.15) is 12.5 Å². The quantitative estimate of drug-likeness (QED) is 0.722. The Morgan fingerprint density at radius 3 is 2.19 bits per heavy atom. The molecule has 16 heavy (non-hydrogen) atoms. The minimum Gasteiger partial charge on any atom is -0.496 e. The van der Waals surface area contributed by atoms with E-state index in [4.69, 9.17) is 9.47 Å². The molecule has 0 saturated heterocycles. The van der Waals surface area contributed by atoms with Gasteiger partial charge in [0, 0.05) is 23.6 Å². The molecule has 0 aromatic heterocycles. The summed E-state index contributed by atoms with van der Waals surface area (Å²) in [5, 5.41) is 0. The summed E-state index contributed by atoms with van der Waals surface area (Å²) in [6, 6.07) is 2.57. The fraction of sp³-hybridized carbons (Fsp3) is 0.417. The summed E-state index contributed by atoms with van der Waals surface area (Å²) in [6.45, 7) is 1.79. The van der Waals surface area contributed by atoms with E-state index in [0.717, 1.165) is 6.29 Å². The van der Waals surface area contributed by atoms with Crippen molar-refractivity contribution >= 4 is 6.29 Å². The summed E-state index contributed by atoms with van der Waals surface area (Å²) in [5.41, 5.74) is 0.714. The van der Waals surface area contributed by atoms with Crippen molar-refractivity contribution in [1.82, 2.24) is 0 Å². The van der Waals surface area contributed by atoms with Crippen LogP contribution >= 0.6 is 0 Å². The van der Waals surface area contributed by atoms with Crippen LogP contribution in [0.2, 0.25) is 0 Å². The van der Waals surface area contributed by atoms with Crippen molar-refractivity contribution in [2.24, 2.45) is 5.92 Å². The molecular formula is C12H15FO3. The van der Waals surface area contributed by atoms with Gasteiger partial charge in [0.2, 0.25) is 0 Å². The molecule has 0 spiro atoms. The Kier molecular flexibility index (Phi) is 4.28. The van der Waals surface area contributed by atoms with E-state index in [-0.39, 0.29) is 5.92 Å². The van der Waals surface area contributed by atoms with Crippen LogP contribution in [0.3, 0.4) is 0 Å². The van der Waals surface area contributed by atoms with Crippen LogP contribution in [-0.2, 0) is 11.2 Å². The summed E-state index contributed by atoms with van der Waals surface area (Å²) in [7, 11) is 2.92. The molecule has 0 bridgehead atoms. The summed E-state index contributed by atoms with van der Waals surface area (Å²) in [6.07, 6.45) is 1.32. The van der Waals surface area contributed by atoms with Gasteiger partial charge in [-0.05, 0) is 6.42 Å². The van der Waals surface area contributed by atoms with Gasteiger partial charge in [-0.15, -0.1) is 0 Å². The van der Waals surface area contributed by atoms with Crippen molar-refractivity contribution in [3.63, 3.8) is 0 Å². The van der Waals surface area contributed by atoms with Crippen LogP contribution < -0.4 is 9.47 Å². The van der Waals surface area contributed by atoms with Crippen LogP contribution in [0.4, 0.5) is 4.39 Å². The van der Waals surface area contributed by atoms with Crippen molar-refractivity contribution in [3.8, 4) is 11.5 Å². The number of ether oxygens (including phenoxy) is 2. The summed E-state index contributed by atoms with van der Waals surface area (Å²) in [5.74, 6) is 0.237. The zero-order valence-corrected chi connectivity index (χ0v) is 9.62. The maximum absolute atomic E-state index is 13.2. The molecule has 4 heteroatoms. The lowest BCUT2D eigenvalue weighted by Crippen LogP contribution is -2.05. The highest BCUT2D eigenvalue weighted by Gasteiger charge is 2.15. The molecule has 0 radical (unpaired) electrons. The maximum Gasteiger partial charge on any atom is 0.130 e. The Labute approximate surface area is 94.2 Å². The van der Waals surface area contributed by atoms with E-state index in [9.17, 15) is 9.18 Å². The normalized spacial score (nSPS) is 12.0. The second-order valence-corrected chi connectivity index (χ2v) is 3.61. The molecule has 0 amide bonds. The van der Waals surface area contributed by atoms with E-state index in [2.05, 4.69) is 0 Å². The predicted molar refractivity (Wildman–Crippen MR) is 58.4 cm³/mol. The minimum absolute atomic E-state index is 0.159. The Balaban J connectivity index is 3.16. The molecule has 1 unspecified atom stereocenters. The lowest BCUT2D eigenvalue weighted by molar-refractivity contribution is -0.110. The first-order valence-corrected chi connectivity index (χ1v) is 4.98. The lowest BCUT2D eigenvalue weighted by atomic mass is 10.0. The Morgan fingerprint density at radius 2 is 1.81 bits per heavy atom. The Bertz CT molecular complexity index is 352. The van der Waals surface area contributed by atoms with Crippen LogP contribution in [-0.4, -0.2) is 20.5 Å². The number of halogens is 1. The number of hydrogen-bond donors (Lipinski definition) is 0. The molecule has 0 aliphatic carbocycles. The van der Waals surface area contributed by atoms with Crippen molar-refractivity contribution in [3.05, 3.63) is 23.5 Å². The molecule has 0 heterocycles. The minimum atomic E-state index is -0.420. The maximum atomic E-state index is 13.2. The highest BCUT2D eigenvalue weighted by molar-refractivity contribution is 5.56.